The molecule has 0 aliphatic rings. The Morgan fingerprint density at radius 1 is 0.542 bits per heavy atom. The molecule has 0 radical (unpaired) electrons. The van der Waals surface area contributed by atoms with Crippen molar-refractivity contribution >= 4 is 255 Å². The molecular weight excluding hydrogens is 1320 g/mol. The van der Waals surface area contributed by atoms with Crippen LogP contribution in [0.5, 0.6) is 0 Å². The summed E-state index contributed by atoms with van der Waals surface area (Å²) < 4.78 is 46.6. The molecule has 1 amide bonds. The normalized spacial score (nSPS) is 9.14. The van der Waals surface area contributed by atoms with Crippen LogP contribution in [-0.2, 0) is 118 Å². The van der Waals surface area contributed by atoms with Crippen molar-refractivity contribution in [3.63, 3.8) is 0 Å². The van der Waals surface area contributed by atoms with Crippen LogP contribution in [0, 0.1) is 0 Å². The Bertz CT molecular complexity index is 1420. The second-order valence-electron chi connectivity index (χ2n) is 11.0. The number of alkyl carbamates (subject to hydrolysis) is 1. The molecule has 0 rings (SSSR count). The van der Waals surface area contributed by atoms with E-state index < -0.39 is 28.0 Å². The summed E-state index contributed by atoms with van der Waals surface area (Å²) in [5.74, 6) is 0. The Labute approximate surface area is 518 Å². The molecule has 0 saturated heterocycles. The largest absolute Gasteiger partial charge is 0.747 e. The number of hydrogen-bond acceptors (Lipinski definition) is 27. The maximum Gasteiger partial charge on any atom is 0.414 e. The SMILES string of the molecule is CCC(=S)OC.CCC(=S)OC.CCNC(=S)NCC.CNC(=S)NC.COC(=O)NC(=S)OC.COC(=S)SC.COC(C)=S.COP(=S)(OC)SC.COP(=S)([S-])OC.CP(C)(=S)[S-].CSP(C)(C)=S. The molecule has 0 aromatic heterocycles. The molecule has 438 valence electrons. The maximum atomic E-state index is 10.3. The van der Waals surface area contributed by atoms with Gasteiger partial charge in [-0.1, -0.05) is 73.9 Å². The lowest BCUT2D eigenvalue weighted by Gasteiger charge is -2.22. The van der Waals surface area contributed by atoms with Gasteiger partial charge in [-0.05, 0) is 143 Å². The van der Waals surface area contributed by atoms with Crippen molar-refractivity contribution < 1.29 is 51.3 Å². The maximum absolute atomic E-state index is 10.3. The van der Waals surface area contributed by atoms with E-state index in [1.54, 1.807) is 63.7 Å². The van der Waals surface area contributed by atoms with E-state index in [0.29, 0.717) is 24.6 Å². The lowest BCUT2D eigenvalue weighted by atomic mass is 10.5. The van der Waals surface area contributed by atoms with Gasteiger partial charge in [0.25, 0.3) is 5.17 Å². The monoisotopic (exact) mass is 1400 g/mol. The van der Waals surface area contributed by atoms with Gasteiger partial charge in [0, 0.05) is 80.6 Å². The molecule has 0 aliphatic carbocycles. The number of carbonyl (C=O) groups is 1. The summed E-state index contributed by atoms with van der Waals surface area (Å²) in [7, 11) is 18.5. The average molecular weight is 1400 g/mol. The van der Waals surface area contributed by atoms with Gasteiger partial charge < -0.3 is 92.3 Å². The summed E-state index contributed by atoms with van der Waals surface area (Å²) in [6.07, 6.45) is 6.89. The lowest BCUT2D eigenvalue weighted by molar-refractivity contribution is 0.174. The molecule has 0 aromatic carbocycles. The van der Waals surface area contributed by atoms with E-state index in [0.717, 1.165) is 31.0 Å². The van der Waals surface area contributed by atoms with Crippen molar-refractivity contribution in [3.05, 3.63) is 0 Å². The molecule has 16 nitrogen and oxygen atoms in total. The van der Waals surface area contributed by atoms with Crippen LogP contribution >= 0.6 is 142 Å². The first-order valence-electron chi connectivity index (χ1n) is 19.6. The lowest BCUT2D eigenvalue weighted by Crippen LogP contribution is -2.34. The fourth-order valence-corrected chi connectivity index (χ4v) is 3.39. The smallest absolute Gasteiger partial charge is 0.414 e. The summed E-state index contributed by atoms with van der Waals surface area (Å²) in [6.45, 7) is 19.6. The van der Waals surface area contributed by atoms with Gasteiger partial charge in [0.1, 0.15) is 0 Å². The van der Waals surface area contributed by atoms with E-state index in [9.17, 15) is 4.79 Å². The number of amides is 1. The molecule has 5 N–H and O–H groups in total. The number of rotatable bonds is 10. The Kier molecular flexibility index (Phi) is 101. The van der Waals surface area contributed by atoms with E-state index >= 15 is 0 Å². The summed E-state index contributed by atoms with van der Waals surface area (Å²) >= 11 is 65.7. The topological polar surface area (TPSA) is 170 Å². The van der Waals surface area contributed by atoms with Gasteiger partial charge in [0.15, 0.2) is 25.4 Å². The predicted molar refractivity (Wildman–Crippen MR) is 375 cm³/mol. The van der Waals surface area contributed by atoms with Crippen LogP contribution in [0.1, 0.15) is 47.5 Å². The van der Waals surface area contributed by atoms with Crippen LogP contribution in [0.3, 0.4) is 0 Å². The van der Waals surface area contributed by atoms with E-state index in [-0.39, 0.29) is 5.17 Å². The second-order valence-corrected chi connectivity index (χ2v) is 45.8. The highest BCUT2D eigenvalue weighted by Crippen LogP contribution is 2.58. The summed E-state index contributed by atoms with van der Waals surface area (Å²) in [5, 5.41) is 14.8. The molecule has 0 aromatic rings. The molecule has 0 aliphatic heterocycles. The molecule has 0 spiro atoms. The second kappa shape index (κ2) is 73.3. The third kappa shape index (κ3) is 134. The van der Waals surface area contributed by atoms with Gasteiger partial charge >= 0.3 is 6.09 Å². The van der Waals surface area contributed by atoms with Crippen LogP contribution in [0.2, 0.25) is 0 Å². The van der Waals surface area contributed by atoms with Gasteiger partial charge in [-0.3, -0.25) is 5.32 Å². The molecule has 0 unspecified atom stereocenters. The number of thioether (sulfide) groups is 1. The van der Waals surface area contributed by atoms with E-state index in [1.165, 1.54) is 51.6 Å². The summed E-state index contributed by atoms with van der Waals surface area (Å²) in [6, 6.07) is 0. The molecule has 0 saturated carbocycles. The van der Waals surface area contributed by atoms with Crippen molar-refractivity contribution in [2.75, 3.05) is 144 Å². The van der Waals surface area contributed by atoms with Gasteiger partial charge in [-0.2, -0.15) is 5.24 Å². The summed E-state index contributed by atoms with van der Waals surface area (Å²) in [5.41, 5.74) is -4.15. The zero-order valence-corrected chi connectivity index (χ0v) is 62.8. The minimum Gasteiger partial charge on any atom is -0.747 e. The first kappa shape index (κ1) is 99.6. The highest BCUT2D eigenvalue weighted by atomic mass is 32.9. The number of thiocarbonyl (C=S) groups is 7. The molecule has 0 bridgehead atoms. The third-order valence-electron chi connectivity index (χ3n) is 4.91. The van der Waals surface area contributed by atoms with Crippen LogP contribution < -0.4 is 26.6 Å². The Hall–Kier alpha value is 2.29. The first-order chi connectivity index (χ1) is 32.9. The quantitative estimate of drug-likeness (QED) is 0.0795. The number of hydrogen-bond donors (Lipinski definition) is 5. The summed E-state index contributed by atoms with van der Waals surface area (Å²) in [4.78, 5) is 10.3. The highest BCUT2D eigenvalue weighted by Gasteiger charge is 2.11. The standard InChI is InChI=1S/C5H12N2S.C4H7NO3S.2C4H8OS.C3H8N2S.C3H9O2PS2.C3H6OS2.C3H6OS.C3H9PS2.C2H7O2PS2.C2H7PS2/c1-3-6-5(8)7-4-2;1-7-3(6)5-4(9)8-2;2*1-3-4(6)5-2;1-4-3(6)5-2;1-4-6(7,5-2)8-3;1-4-3(5)6-2;1-3(5)4-2;1-4(2,5)6-3;1-3-5(6,7)4-2;1-3(2,4)5/h3-4H2,1-2H3,(H2,6,7,8);1-2H3,(H,5,6,9);2*3H2,1-2H3;1-2H3,(H2,4,5,6);1-3H3;1-2H3;1-2H3;1-3H3;1-2H3,(H,6,7);1-2H3,(H,4,5)/p-2. The Morgan fingerprint density at radius 3 is 0.931 bits per heavy atom. The third-order valence-corrected chi connectivity index (χ3v) is 21.5. The Balaban J connectivity index is -0.0000000635. The number of methoxy groups -OCH3 is 6. The van der Waals surface area contributed by atoms with Crippen LogP contribution in [0.15, 0.2) is 0 Å². The number of nitrogens with one attached hydrogen (secondary N) is 5. The van der Waals surface area contributed by atoms with E-state index in [1.807, 2.05) is 64.9 Å². The van der Waals surface area contributed by atoms with Crippen molar-refractivity contribution in [1.82, 2.24) is 26.6 Å². The molecular formula is C36H85N5O11P4S16-2. The van der Waals surface area contributed by atoms with Crippen molar-refractivity contribution in [1.29, 1.82) is 0 Å². The first-order valence-corrected chi connectivity index (χ1v) is 42.0. The van der Waals surface area contributed by atoms with Crippen LogP contribution in [-0.4, -0.2) is 185 Å². The van der Waals surface area contributed by atoms with Gasteiger partial charge in [-0.25, -0.2) is 4.79 Å². The zero-order chi connectivity index (χ0) is 60.2. The molecule has 36 heteroatoms. The predicted octanol–water partition coefficient (Wildman–Crippen LogP) is 11.6. The number of ether oxygens (including phenoxy) is 6. The van der Waals surface area contributed by atoms with Gasteiger partial charge in [0.05, 0.1) is 48.4 Å². The fourth-order valence-electron chi connectivity index (χ4n) is 1.36. The highest BCUT2D eigenvalue weighted by molar-refractivity contribution is 8.70. The fraction of sp³-hybridized carbons (Fsp3) is 0.778. The van der Waals surface area contributed by atoms with Crippen LogP contribution in [0.25, 0.3) is 0 Å². The molecule has 0 heterocycles. The number of carbonyl (C=O) groups excluding carboxylic acids is 1. The minimum absolute atomic E-state index is 0.00171. The zero-order valence-electron chi connectivity index (χ0n) is 46.1. The van der Waals surface area contributed by atoms with Crippen LogP contribution in [0.4, 0.5) is 4.79 Å². The van der Waals surface area contributed by atoms with Gasteiger partial charge in [-0.15, -0.1) is 23.2 Å². The van der Waals surface area contributed by atoms with E-state index in [2.05, 4.69) is 181 Å². The van der Waals surface area contributed by atoms with Gasteiger partial charge in [0.2, 0.25) is 10.1 Å². The van der Waals surface area contributed by atoms with Crippen molar-refractivity contribution in [2.45, 2.75) is 47.5 Å². The molecule has 72 heavy (non-hydrogen) atoms. The van der Waals surface area contributed by atoms with Crippen molar-refractivity contribution in [3.8, 4) is 0 Å². The van der Waals surface area contributed by atoms with Crippen molar-refractivity contribution in [2.24, 2.45) is 0 Å². The molecule has 0 fully saturated rings. The molecule has 0 atom stereocenters. The van der Waals surface area contributed by atoms with E-state index in [4.69, 9.17) is 68.9 Å². The average Bonchev–Trinajstić information content (AvgIpc) is 3.35. The Morgan fingerprint density at radius 2 is 0.861 bits per heavy atom. The minimum atomic E-state index is -2.24.